The number of benzene rings is 2. The first-order valence-electron chi connectivity index (χ1n) is 7.53. The first-order chi connectivity index (χ1) is 11.1. The summed E-state index contributed by atoms with van der Waals surface area (Å²) in [5.74, 6) is -0.609. The predicted molar refractivity (Wildman–Crippen MR) is 84.1 cm³/mol. The molecule has 1 aliphatic heterocycles. The van der Waals surface area contributed by atoms with Gasteiger partial charge in [-0.15, -0.1) is 0 Å². The van der Waals surface area contributed by atoms with Crippen LogP contribution in [0.5, 0.6) is 0 Å². The topological polar surface area (TPSA) is 49.4 Å². The summed E-state index contributed by atoms with van der Waals surface area (Å²) in [6.07, 6.45) is 0.661. The van der Waals surface area contributed by atoms with E-state index < -0.39 is 6.04 Å². The lowest BCUT2D eigenvalue weighted by Gasteiger charge is -2.39. The van der Waals surface area contributed by atoms with Crippen LogP contribution in [-0.4, -0.2) is 29.3 Å². The van der Waals surface area contributed by atoms with Gasteiger partial charge in [0.1, 0.15) is 11.9 Å². The van der Waals surface area contributed by atoms with Crippen molar-refractivity contribution in [1.29, 1.82) is 0 Å². The molecule has 1 saturated heterocycles. The Kier molecular flexibility index (Phi) is 4.37. The van der Waals surface area contributed by atoms with Gasteiger partial charge >= 0.3 is 0 Å². The molecule has 0 spiro atoms. The molecule has 1 unspecified atom stereocenters. The Morgan fingerprint density at radius 2 is 1.78 bits per heavy atom. The van der Waals surface area contributed by atoms with E-state index in [0.29, 0.717) is 25.1 Å². The largest absolute Gasteiger partial charge is 0.350 e. The fourth-order valence-corrected chi connectivity index (χ4v) is 2.56. The highest BCUT2D eigenvalue weighted by Gasteiger charge is 2.37. The average Bonchev–Trinajstić information content (AvgIpc) is 2.54. The van der Waals surface area contributed by atoms with Crippen LogP contribution < -0.4 is 5.32 Å². The fraction of sp³-hybridized carbons (Fsp3) is 0.222. The zero-order chi connectivity index (χ0) is 16.2. The molecule has 118 valence electrons. The molecule has 1 fully saturated rings. The third kappa shape index (κ3) is 3.39. The van der Waals surface area contributed by atoms with Gasteiger partial charge in [0.05, 0.1) is 0 Å². The Morgan fingerprint density at radius 3 is 2.39 bits per heavy atom. The maximum absolute atomic E-state index is 12.8. The van der Waals surface area contributed by atoms with Gasteiger partial charge in [0.2, 0.25) is 5.91 Å². The van der Waals surface area contributed by atoms with E-state index in [-0.39, 0.29) is 17.6 Å². The Labute approximate surface area is 133 Å². The van der Waals surface area contributed by atoms with Crippen LogP contribution in [-0.2, 0) is 11.3 Å². The minimum absolute atomic E-state index is 0.126. The molecule has 5 heteroatoms. The van der Waals surface area contributed by atoms with Crippen molar-refractivity contribution in [3.63, 3.8) is 0 Å². The van der Waals surface area contributed by atoms with Crippen LogP contribution in [0, 0.1) is 5.82 Å². The van der Waals surface area contributed by atoms with Crippen molar-refractivity contribution in [3.8, 4) is 0 Å². The van der Waals surface area contributed by atoms with E-state index in [1.165, 1.54) is 12.1 Å². The molecule has 2 aromatic carbocycles. The number of halogens is 1. The number of nitrogens with zero attached hydrogens (tertiary/aromatic N) is 1. The SMILES string of the molecule is O=C(NCc1ccc(F)cc1)C1CCN1C(=O)c1ccccc1. The van der Waals surface area contributed by atoms with Gasteiger partial charge in [0, 0.05) is 18.7 Å². The lowest BCUT2D eigenvalue weighted by atomic mass is 10.00. The smallest absolute Gasteiger partial charge is 0.254 e. The van der Waals surface area contributed by atoms with Crippen LogP contribution in [0.2, 0.25) is 0 Å². The van der Waals surface area contributed by atoms with Crippen LogP contribution in [0.4, 0.5) is 4.39 Å². The van der Waals surface area contributed by atoms with Gasteiger partial charge in [0.25, 0.3) is 5.91 Å². The minimum atomic E-state index is -0.428. The second kappa shape index (κ2) is 6.60. The summed E-state index contributed by atoms with van der Waals surface area (Å²) < 4.78 is 12.8. The van der Waals surface area contributed by atoms with Gasteiger partial charge in [-0.05, 0) is 36.2 Å². The van der Waals surface area contributed by atoms with Gasteiger partial charge in [-0.1, -0.05) is 30.3 Å². The van der Waals surface area contributed by atoms with Crippen LogP contribution >= 0.6 is 0 Å². The standard InChI is InChI=1S/C18H17FN2O2/c19-15-8-6-13(7-9-15)12-20-17(22)16-10-11-21(16)18(23)14-4-2-1-3-5-14/h1-9,16H,10-12H2,(H,20,22). The van der Waals surface area contributed by atoms with E-state index in [1.807, 2.05) is 6.07 Å². The van der Waals surface area contributed by atoms with Gasteiger partial charge in [-0.3, -0.25) is 9.59 Å². The van der Waals surface area contributed by atoms with Gasteiger partial charge < -0.3 is 10.2 Å². The summed E-state index contributed by atoms with van der Waals surface area (Å²) in [6.45, 7) is 0.908. The van der Waals surface area contributed by atoms with E-state index >= 15 is 0 Å². The molecule has 0 aliphatic carbocycles. The Balaban J connectivity index is 1.57. The second-order valence-electron chi connectivity index (χ2n) is 5.51. The van der Waals surface area contributed by atoms with Crippen molar-refractivity contribution < 1.29 is 14.0 Å². The summed E-state index contributed by atoms with van der Waals surface area (Å²) >= 11 is 0. The zero-order valence-electron chi connectivity index (χ0n) is 12.5. The first kappa shape index (κ1) is 15.2. The van der Waals surface area contributed by atoms with Crippen molar-refractivity contribution in [2.45, 2.75) is 19.0 Å². The molecule has 3 rings (SSSR count). The van der Waals surface area contributed by atoms with Gasteiger partial charge in [-0.25, -0.2) is 4.39 Å². The Hall–Kier alpha value is -2.69. The molecule has 23 heavy (non-hydrogen) atoms. The third-order valence-electron chi connectivity index (χ3n) is 3.98. The molecule has 1 aliphatic rings. The number of likely N-dealkylation sites (tertiary alicyclic amines) is 1. The number of amides is 2. The predicted octanol–water partition coefficient (Wildman–Crippen LogP) is 2.36. The summed E-state index contributed by atoms with van der Waals surface area (Å²) in [7, 11) is 0. The molecule has 0 bridgehead atoms. The van der Waals surface area contributed by atoms with Crippen molar-refractivity contribution in [1.82, 2.24) is 10.2 Å². The highest BCUT2D eigenvalue weighted by Crippen LogP contribution is 2.21. The van der Waals surface area contributed by atoms with Crippen molar-refractivity contribution >= 4 is 11.8 Å². The van der Waals surface area contributed by atoms with Crippen LogP contribution in [0.15, 0.2) is 54.6 Å². The molecule has 0 saturated carbocycles. The monoisotopic (exact) mass is 312 g/mol. The highest BCUT2D eigenvalue weighted by molar-refractivity contribution is 5.98. The average molecular weight is 312 g/mol. The summed E-state index contributed by atoms with van der Waals surface area (Å²) in [5.41, 5.74) is 1.41. The minimum Gasteiger partial charge on any atom is -0.350 e. The number of nitrogens with one attached hydrogen (secondary N) is 1. The fourth-order valence-electron chi connectivity index (χ4n) is 2.56. The summed E-state index contributed by atoms with van der Waals surface area (Å²) in [5, 5.41) is 2.80. The summed E-state index contributed by atoms with van der Waals surface area (Å²) in [6, 6.07) is 14.5. The quantitative estimate of drug-likeness (QED) is 0.942. The molecule has 2 amide bonds. The number of carbonyl (C=O) groups excluding carboxylic acids is 2. The Bertz CT molecular complexity index is 701. The molecule has 1 N–H and O–H groups in total. The number of hydrogen-bond donors (Lipinski definition) is 1. The van der Waals surface area contributed by atoms with E-state index in [9.17, 15) is 14.0 Å². The number of carbonyl (C=O) groups is 2. The maximum Gasteiger partial charge on any atom is 0.254 e. The normalized spacial score (nSPS) is 16.6. The van der Waals surface area contributed by atoms with E-state index in [4.69, 9.17) is 0 Å². The van der Waals surface area contributed by atoms with Crippen LogP contribution in [0.1, 0.15) is 22.3 Å². The molecule has 1 heterocycles. The molecular formula is C18H17FN2O2. The van der Waals surface area contributed by atoms with Crippen LogP contribution in [0.25, 0.3) is 0 Å². The van der Waals surface area contributed by atoms with E-state index in [0.717, 1.165) is 5.56 Å². The van der Waals surface area contributed by atoms with Gasteiger partial charge in [0.15, 0.2) is 0 Å². The molecular weight excluding hydrogens is 295 g/mol. The van der Waals surface area contributed by atoms with Crippen LogP contribution in [0.3, 0.4) is 0 Å². The first-order valence-corrected chi connectivity index (χ1v) is 7.53. The number of hydrogen-bond acceptors (Lipinski definition) is 2. The molecule has 0 aromatic heterocycles. The lowest BCUT2D eigenvalue weighted by Crippen LogP contribution is -2.58. The van der Waals surface area contributed by atoms with Crippen molar-refractivity contribution in [2.75, 3.05) is 6.54 Å². The second-order valence-corrected chi connectivity index (χ2v) is 5.51. The third-order valence-corrected chi connectivity index (χ3v) is 3.98. The Morgan fingerprint density at radius 1 is 1.09 bits per heavy atom. The molecule has 4 nitrogen and oxygen atoms in total. The summed E-state index contributed by atoms with van der Waals surface area (Å²) in [4.78, 5) is 26.2. The maximum atomic E-state index is 12.8. The molecule has 2 aromatic rings. The lowest BCUT2D eigenvalue weighted by molar-refractivity contribution is -0.129. The van der Waals surface area contributed by atoms with Crippen molar-refractivity contribution in [3.05, 3.63) is 71.5 Å². The highest BCUT2D eigenvalue weighted by atomic mass is 19.1. The molecule has 1 atom stereocenters. The van der Waals surface area contributed by atoms with Crippen molar-refractivity contribution in [2.24, 2.45) is 0 Å². The molecule has 0 radical (unpaired) electrons. The number of rotatable bonds is 4. The van der Waals surface area contributed by atoms with E-state index in [1.54, 1.807) is 41.3 Å². The van der Waals surface area contributed by atoms with Gasteiger partial charge in [-0.2, -0.15) is 0 Å². The van der Waals surface area contributed by atoms with E-state index in [2.05, 4.69) is 5.32 Å². The zero-order valence-corrected chi connectivity index (χ0v) is 12.5.